The van der Waals surface area contributed by atoms with Crippen LogP contribution in [0.25, 0.3) is 0 Å². The normalized spacial score (nSPS) is 12.0. The number of nitrogens with one attached hydrogen (secondary N) is 1. The number of hydrogen-bond acceptors (Lipinski definition) is 4. The highest BCUT2D eigenvalue weighted by Gasteiger charge is 2.12. The average Bonchev–Trinajstić information content (AvgIpc) is 3.33. The fraction of sp³-hybridized carbons (Fsp3) is 0.333. The van der Waals surface area contributed by atoms with Gasteiger partial charge in [-0.1, -0.05) is 26.0 Å². The van der Waals surface area contributed by atoms with Crippen LogP contribution in [0.3, 0.4) is 0 Å². The van der Waals surface area contributed by atoms with Crippen molar-refractivity contribution in [3.63, 3.8) is 0 Å². The summed E-state index contributed by atoms with van der Waals surface area (Å²) < 4.78 is 13.0. The molecule has 3 aromatic rings. The topological polar surface area (TPSA) is 69.3 Å². The highest BCUT2D eigenvalue weighted by Crippen LogP contribution is 2.22. The zero-order valence-electron chi connectivity index (χ0n) is 15.9. The van der Waals surface area contributed by atoms with Crippen LogP contribution in [-0.4, -0.2) is 15.7 Å². The number of rotatable bonds is 8. The molecule has 6 heteroatoms. The van der Waals surface area contributed by atoms with Gasteiger partial charge in [0.05, 0.1) is 6.20 Å². The summed E-state index contributed by atoms with van der Waals surface area (Å²) in [6, 6.07) is 11.5. The number of nitrogens with zero attached hydrogens (tertiary/aromatic N) is 2. The molecular formula is C21H25N3O3. The molecule has 2 heterocycles. The number of hydrogen-bond donors (Lipinski definition) is 1. The lowest BCUT2D eigenvalue weighted by atomic mass is 9.99. The number of amides is 1. The van der Waals surface area contributed by atoms with Gasteiger partial charge in [-0.2, -0.15) is 5.10 Å². The van der Waals surface area contributed by atoms with E-state index in [1.807, 2.05) is 25.4 Å². The second-order valence-corrected chi connectivity index (χ2v) is 6.64. The molecule has 1 unspecified atom stereocenters. The average molecular weight is 367 g/mol. The number of ether oxygens (including phenoxy) is 1. The van der Waals surface area contributed by atoms with Crippen molar-refractivity contribution in [1.29, 1.82) is 0 Å². The maximum atomic E-state index is 12.2. The highest BCUT2D eigenvalue weighted by atomic mass is 16.5. The van der Waals surface area contributed by atoms with Crippen LogP contribution < -0.4 is 10.1 Å². The third-order valence-electron chi connectivity index (χ3n) is 4.54. The third-order valence-corrected chi connectivity index (χ3v) is 4.54. The molecule has 0 bridgehead atoms. The number of carbonyl (C=O) groups is 1. The van der Waals surface area contributed by atoms with Crippen molar-refractivity contribution in [2.24, 2.45) is 7.05 Å². The first-order valence-electron chi connectivity index (χ1n) is 9.12. The molecule has 142 valence electrons. The first-order valence-corrected chi connectivity index (χ1v) is 9.12. The van der Waals surface area contributed by atoms with E-state index in [1.165, 1.54) is 5.56 Å². The Hall–Kier alpha value is -3.02. The van der Waals surface area contributed by atoms with Gasteiger partial charge in [-0.3, -0.25) is 9.48 Å². The van der Waals surface area contributed by atoms with E-state index in [1.54, 1.807) is 23.0 Å². The lowest BCUT2D eigenvalue weighted by molar-refractivity contribution is 0.0919. The van der Waals surface area contributed by atoms with Crippen molar-refractivity contribution in [2.45, 2.75) is 39.3 Å². The molecule has 1 aromatic carbocycles. The molecule has 1 amide bonds. The molecule has 0 fully saturated rings. The third kappa shape index (κ3) is 5.00. The molecule has 1 atom stereocenters. The Kier molecular flexibility index (Phi) is 5.96. The number of furan rings is 1. The van der Waals surface area contributed by atoms with Gasteiger partial charge in [0, 0.05) is 25.4 Å². The Labute approximate surface area is 159 Å². The van der Waals surface area contributed by atoms with Gasteiger partial charge in [-0.05, 0) is 42.2 Å². The van der Waals surface area contributed by atoms with Crippen LogP contribution in [0.2, 0.25) is 0 Å². The minimum Gasteiger partial charge on any atom is -0.486 e. The summed E-state index contributed by atoms with van der Waals surface area (Å²) >= 11 is 0. The largest absolute Gasteiger partial charge is 0.486 e. The van der Waals surface area contributed by atoms with E-state index in [9.17, 15) is 4.79 Å². The Balaban J connectivity index is 1.50. The van der Waals surface area contributed by atoms with Crippen molar-refractivity contribution in [2.75, 3.05) is 0 Å². The second kappa shape index (κ2) is 8.58. The first kappa shape index (κ1) is 18.8. The zero-order valence-corrected chi connectivity index (χ0v) is 15.9. The Bertz CT molecular complexity index is 880. The molecule has 6 nitrogen and oxygen atoms in total. The van der Waals surface area contributed by atoms with Gasteiger partial charge in [0.15, 0.2) is 5.76 Å². The molecule has 0 spiro atoms. The maximum Gasteiger partial charge on any atom is 0.287 e. The maximum absolute atomic E-state index is 12.2. The van der Waals surface area contributed by atoms with Crippen LogP contribution in [0.5, 0.6) is 5.75 Å². The summed E-state index contributed by atoms with van der Waals surface area (Å²) in [5.41, 5.74) is 2.23. The minimum atomic E-state index is -0.261. The van der Waals surface area contributed by atoms with Crippen molar-refractivity contribution < 1.29 is 13.9 Å². The molecule has 0 saturated carbocycles. The molecule has 0 aliphatic rings. The van der Waals surface area contributed by atoms with E-state index in [4.69, 9.17) is 9.15 Å². The summed E-state index contributed by atoms with van der Waals surface area (Å²) in [6.45, 7) is 5.07. The van der Waals surface area contributed by atoms with E-state index in [-0.39, 0.29) is 18.3 Å². The summed E-state index contributed by atoms with van der Waals surface area (Å²) in [6.07, 6.45) is 4.68. The first-order chi connectivity index (χ1) is 13.0. The number of carbonyl (C=O) groups excluding carboxylic acids is 1. The van der Waals surface area contributed by atoms with Gasteiger partial charge in [0.25, 0.3) is 5.91 Å². The summed E-state index contributed by atoms with van der Waals surface area (Å²) in [7, 11) is 1.84. The monoisotopic (exact) mass is 367 g/mol. The molecule has 3 rings (SSSR count). The molecule has 0 aliphatic carbocycles. The molecule has 0 radical (unpaired) electrons. The van der Waals surface area contributed by atoms with E-state index in [2.05, 4.69) is 36.4 Å². The van der Waals surface area contributed by atoms with Gasteiger partial charge in [0.2, 0.25) is 0 Å². The number of benzene rings is 1. The fourth-order valence-corrected chi connectivity index (χ4v) is 2.69. The smallest absolute Gasteiger partial charge is 0.287 e. The van der Waals surface area contributed by atoms with Gasteiger partial charge in [0.1, 0.15) is 18.1 Å². The summed E-state index contributed by atoms with van der Waals surface area (Å²) in [5, 5.41) is 6.88. The predicted octanol–water partition coefficient (Wildman–Crippen LogP) is 4.04. The molecule has 27 heavy (non-hydrogen) atoms. The standard InChI is InChI=1S/C21H25N3O3/c1-4-15(2)17-5-7-18(8-6-17)26-14-19-9-10-20(27-19)21(25)22-11-16-12-23-24(3)13-16/h5-10,12-13,15H,4,11,14H2,1-3H3,(H,22,25). The van der Waals surface area contributed by atoms with Crippen molar-refractivity contribution in [3.05, 3.63) is 71.4 Å². The van der Waals surface area contributed by atoms with Crippen LogP contribution in [-0.2, 0) is 20.2 Å². The van der Waals surface area contributed by atoms with Gasteiger partial charge >= 0.3 is 0 Å². The van der Waals surface area contributed by atoms with E-state index >= 15 is 0 Å². The van der Waals surface area contributed by atoms with Crippen LogP contribution in [0, 0.1) is 0 Å². The molecule has 0 saturated heterocycles. The van der Waals surface area contributed by atoms with Gasteiger partial charge < -0.3 is 14.5 Å². The Morgan fingerprint density at radius 1 is 1.26 bits per heavy atom. The van der Waals surface area contributed by atoms with Crippen LogP contribution >= 0.6 is 0 Å². The summed E-state index contributed by atoms with van der Waals surface area (Å²) in [4.78, 5) is 12.2. The zero-order chi connectivity index (χ0) is 19.2. The fourth-order valence-electron chi connectivity index (χ4n) is 2.69. The van der Waals surface area contributed by atoms with E-state index < -0.39 is 0 Å². The predicted molar refractivity (Wildman–Crippen MR) is 103 cm³/mol. The van der Waals surface area contributed by atoms with Crippen LogP contribution in [0.1, 0.15) is 53.6 Å². The van der Waals surface area contributed by atoms with Crippen molar-refractivity contribution in [3.8, 4) is 5.75 Å². The van der Waals surface area contributed by atoms with E-state index in [0.717, 1.165) is 17.7 Å². The molecule has 2 aromatic heterocycles. The second-order valence-electron chi connectivity index (χ2n) is 6.64. The van der Waals surface area contributed by atoms with Crippen molar-refractivity contribution >= 4 is 5.91 Å². The Morgan fingerprint density at radius 3 is 2.70 bits per heavy atom. The molecular weight excluding hydrogens is 342 g/mol. The van der Waals surface area contributed by atoms with E-state index in [0.29, 0.717) is 18.2 Å². The lowest BCUT2D eigenvalue weighted by Gasteiger charge is -2.10. The molecule has 0 aliphatic heterocycles. The quantitative estimate of drug-likeness (QED) is 0.652. The van der Waals surface area contributed by atoms with Crippen LogP contribution in [0.4, 0.5) is 0 Å². The highest BCUT2D eigenvalue weighted by molar-refractivity contribution is 5.91. The summed E-state index contributed by atoms with van der Waals surface area (Å²) in [5.74, 6) is 1.93. The minimum absolute atomic E-state index is 0.261. The Morgan fingerprint density at radius 2 is 2.04 bits per heavy atom. The van der Waals surface area contributed by atoms with Gasteiger partial charge in [-0.15, -0.1) is 0 Å². The SMILES string of the molecule is CCC(C)c1ccc(OCc2ccc(C(=O)NCc3cnn(C)c3)o2)cc1. The molecule has 1 N–H and O–H groups in total. The lowest BCUT2D eigenvalue weighted by Crippen LogP contribution is -2.22. The number of aromatic nitrogens is 2. The van der Waals surface area contributed by atoms with Crippen molar-refractivity contribution in [1.82, 2.24) is 15.1 Å². The number of aryl methyl sites for hydroxylation is 1. The van der Waals surface area contributed by atoms with Crippen LogP contribution in [0.15, 0.2) is 53.2 Å². The van der Waals surface area contributed by atoms with Gasteiger partial charge in [-0.25, -0.2) is 0 Å².